The van der Waals surface area contributed by atoms with Crippen LogP contribution in [0.5, 0.6) is 5.75 Å². The highest BCUT2D eigenvalue weighted by Gasteiger charge is 2.35. The molecule has 0 saturated heterocycles. The van der Waals surface area contributed by atoms with Crippen molar-refractivity contribution in [3.8, 4) is 5.75 Å². The highest BCUT2D eigenvalue weighted by atomic mass is 32.2. The Hall–Kier alpha value is -5.23. The Labute approximate surface area is 281 Å². The van der Waals surface area contributed by atoms with Gasteiger partial charge in [-0.2, -0.15) is 0 Å². The maximum absolute atomic E-state index is 14.5. The molecule has 2 amide bonds. The first-order valence-electron chi connectivity index (χ1n) is 15.5. The Kier molecular flexibility index (Phi) is 11.9. The number of amides is 2. The van der Waals surface area contributed by atoms with Crippen LogP contribution in [-0.2, 0) is 32.6 Å². The van der Waals surface area contributed by atoms with E-state index in [9.17, 15) is 28.1 Å². The number of hydrogen-bond donors (Lipinski definition) is 1. The molecule has 1 atom stereocenters. The number of carbonyl (C=O) groups is 2. The fraction of sp³-hybridized carbons (Fsp3) is 0.278. The summed E-state index contributed by atoms with van der Waals surface area (Å²) in [5.41, 5.74) is 2.65. The van der Waals surface area contributed by atoms with Crippen molar-refractivity contribution in [1.29, 1.82) is 0 Å². The first kappa shape index (κ1) is 35.6. The molecule has 0 aliphatic carbocycles. The molecule has 0 aromatic heterocycles. The number of methoxy groups -OCH3 is 1. The molecule has 0 unspecified atom stereocenters. The number of rotatable bonds is 15. The summed E-state index contributed by atoms with van der Waals surface area (Å²) in [4.78, 5) is 40.4. The van der Waals surface area contributed by atoms with E-state index in [4.69, 9.17) is 4.74 Å². The lowest BCUT2D eigenvalue weighted by atomic mass is 10.0. The zero-order valence-electron chi connectivity index (χ0n) is 27.5. The van der Waals surface area contributed by atoms with E-state index in [1.54, 1.807) is 12.1 Å². The van der Waals surface area contributed by atoms with Crippen molar-refractivity contribution in [2.45, 2.75) is 51.1 Å². The number of nitro groups is 1. The molecule has 252 valence electrons. The van der Waals surface area contributed by atoms with Crippen molar-refractivity contribution < 1.29 is 27.7 Å². The molecule has 0 aliphatic heterocycles. The van der Waals surface area contributed by atoms with Crippen LogP contribution < -0.4 is 14.4 Å². The van der Waals surface area contributed by atoms with Crippen LogP contribution in [0.3, 0.4) is 0 Å². The molecule has 0 bridgehead atoms. The molecule has 0 heterocycles. The zero-order chi connectivity index (χ0) is 34.8. The van der Waals surface area contributed by atoms with Gasteiger partial charge in [-0.15, -0.1) is 0 Å². The van der Waals surface area contributed by atoms with E-state index in [1.807, 2.05) is 68.4 Å². The first-order valence-corrected chi connectivity index (χ1v) is 17.0. The van der Waals surface area contributed by atoms with E-state index in [1.165, 1.54) is 43.2 Å². The van der Waals surface area contributed by atoms with Crippen molar-refractivity contribution in [3.63, 3.8) is 0 Å². The summed E-state index contributed by atoms with van der Waals surface area (Å²) in [5.74, 6) is -0.539. The molecule has 0 radical (unpaired) electrons. The predicted molar refractivity (Wildman–Crippen MR) is 184 cm³/mol. The fourth-order valence-corrected chi connectivity index (χ4v) is 6.60. The number of aryl methyl sites for hydroxylation is 2. The summed E-state index contributed by atoms with van der Waals surface area (Å²) >= 11 is 0. The summed E-state index contributed by atoms with van der Waals surface area (Å²) in [5, 5.41) is 14.6. The SMILES string of the molecule is CCCNC(=O)[C@H](Cc1ccccc1)N(Cc1ccc(C)cc1)C(=O)CN(c1ccc(OC)cc1)S(=O)(=O)c1ccc(C)c([N+](=O)[O-])c1. The van der Waals surface area contributed by atoms with Crippen molar-refractivity contribution in [1.82, 2.24) is 10.2 Å². The minimum atomic E-state index is -4.53. The van der Waals surface area contributed by atoms with Gasteiger partial charge in [0.05, 0.1) is 22.6 Å². The Morgan fingerprint density at radius 2 is 1.58 bits per heavy atom. The maximum Gasteiger partial charge on any atom is 0.273 e. The van der Waals surface area contributed by atoms with Crippen molar-refractivity contribution in [2.24, 2.45) is 0 Å². The van der Waals surface area contributed by atoms with E-state index in [-0.39, 0.29) is 40.7 Å². The van der Waals surface area contributed by atoms with Gasteiger partial charge in [-0.1, -0.05) is 73.2 Å². The van der Waals surface area contributed by atoms with Crippen molar-refractivity contribution in [3.05, 3.63) is 129 Å². The van der Waals surface area contributed by atoms with Crippen LogP contribution in [-0.4, -0.2) is 56.3 Å². The van der Waals surface area contributed by atoms with Crippen LogP contribution in [0, 0.1) is 24.0 Å². The first-order chi connectivity index (χ1) is 22.9. The molecule has 0 spiro atoms. The predicted octanol–water partition coefficient (Wildman–Crippen LogP) is 5.58. The topological polar surface area (TPSA) is 139 Å². The monoisotopic (exact) mass is 672 g/mol. The van der Waals surface area contributed by atoms with Crippen LogP contribution >= 0.6 is 0 Å². The largest absolute Gasteiger partial charge is 0.497 e. The standard InChI is InChI=1S/C36H40N4O7S/c1-5-21-37-36(42)34(22-28-9-7-6-8-10-28)38(24-29-14-11-26(2)12-15-29)35(41)25-39(30-16-18-31(47-4)19-17-30)48(45,46)32-20-13-27(3)33(23-32)40(43)44/h6-20,23,34H,5,21-22,24-25H2,1-4H3,(H,37,42)/t34-/m0/s1. The number of ether oxygens (including phenoxy) is 1. The Balaban J connectivity index is 1.83. The highest BCUT2D eigenvalue weighted by molar-refractivity contribution is 7.92. The van der Waals surface area contributed by atoms with Gasteiger partial charge >= 0.3 is 0 Å². The Morgan fingerprint density at radius 3 is 2.19 bits per heavy atom. The Morgan fingerprint density at radius 1 is 0.917 bits per heavy atom. The van der Waals surface area contributed by atoms with Crippen LogP contribution in [0.25, 0.3) is 0 Å². The maximum atomic E-state index is 14.5. The number of anilines is 1. The van der Waals surface area contributed by atoms with Crippen molar-refractivity contribution in [2.75, 3.05) is 24.5 Å². The summed E-state index contributed by atoms with van der Waals surface area (Å²) in [6.45, 7) is 5.12. The molecule has 4 rings (SSSR count). The average Bonchev–Trinajstić information content (AvgIpc) is 3.08. The van der Waals surface area contributed by atoms with E-state index in [0.717, 1.165) is 27.1 Å². The molecule has 0 aliphatic rings. The minimum Gasteiger partial charge on any atom is -0.497 e. The minimum absolute atomic E-state index is 0.0304. The van der Waals surface area contributed by atoms with Gasteiger partial charge in [0.2, 0.25) is 11.8 Å². The number of sulfonamides is 1. The number of hydrogen-bond acceptors (Lipinski definition) is 7. The van der Waals surface area contributed by atoms with Gasteiger partial charge < -0.3 is 15.0 Å². The smallest absolute Gasteiger partial charge is 0.273 e. The molecule has 4 aromatic rings. The average molecular weight is 673 g/mol. The van der Waals surface area contributed by atoms with Gasteiger partial charge in [0.1, 0.15) is 18.3 Å². The third-order valence-electron chi connectivity index (χ3n) is 7.90. The van der Waals surface area contributed by atoms with E-state index in [2.05, 4.69) is 5.32 Å². The fourth-order valence-electron chi connectivity index (χ4n) is 5.16. The highest BCUT2D eigenvalue weighted by Crippen LogP contribution is 2.30. The number of nitro benzene ring substituents is 1. The van der Waals surface area contributed by atoms with Gasteiger partial charge in [0.15, 0.2) is 0 Å². The van der Waals surface area contributed by atoms with Crippen LogP contribution in [0.15, 0.2) is 102 Å². The van der Waals surface area contributed by atoms with E-state index in [0.29, 0.717) is 18.7 Å². The third kappa shape index (κ3) is 8.77. The molecule has 48 heavy (non-hydrogen) atoms. The molecular weight excluding hydrogens is 632 g/mol. The molecule has 12 heteroatoms. The molecule has 4 aromatic carbocycles. The van der Waals surface area contributed by atoms with E-state index < -0.39 is 33.4 Å². The lowest BCUT2D eigenvalue weighted by molar-refractivity contribution is -0.385. The third-order valence-corrected chi connectivity index (χ3v) is 9.67. The van der Waals surface area contributed by atoms with Crippen LogP contribution in [0.4, 0.5) is 11.4 Å². The summed E-state index contributed by atoms with van der Waals surface area (Å²) in [6, 6.07) is 25.6. The number of nitrogens with zero attached hydrogens (tertiary/aromatic N) is 3. The second-order valence-corrected chi connectivity index (χ2v) is 13.3. The van der Waals surface area contributed by atoms with Gasteiger partial charge in [-0.3, -0.25) is 24.0 Å². The van der Waals surface area contributed by atoms with Gasteiger partial charge in [-0.05, 0) is 61.7 Å². The normalized spacial score (nSPS) is 11.8. The number of benzene rings is 4. The molecule has 0 fully saturated rings. The number of nitrogens with one attached hydrogen (secondary N) is 1. The molecule has 1 N–H and O–H groups in total. The Bertz CT molecular complexity index is 1830. The van der Waals surface area contributed by atoms with Crippen molar-refractivity contribution >= 4 is 33.2 Å². The quantitative estimate of drug-likeness (QED) is 0.128. The summed E-state index contributed by atoms with van der Waals surface area (Å²) in [7, 11) is -3.06. The van der Waals surface area contributed by atoms with Crippen LogP contribution in [0.2, 0.25) is 0 Å². The van der Waals surface area contributed by atoms with Gasteiger partial charge in [0, 0.05) is 31.1 Å². The van der Waals surface area contributed by atoms with E-state index >= 15 is 0 Å². The van der Waals surface area contributed by atoms with Crippen LogP contribution in [0.1, 0.15) is 35.6 Å². The second-order valence-electron chi connectivity index (χ2n) is 11.4. The molecule has 11 nitrogen and oxygen atoms in total. The lowest BCUT2D eigenvalue weighted by Gasteiger charge is -2.34. The summed E-state index contributed by atoms with van der Waals surface area (Å²) < 4.78 is 34.7. The van der Waals surface area contributed by atoms with Gasteiger partial charge in [-0.25, -0.2) is 8.42 Å². The zero-order valence-corrected chi connectivity index (χ0v) is 28.3. The molecule has 0 saturated carbocycles. The second kappa shape index (κ2) is 16.1. The molecular formula is C36H40N4O7S. The van der Waals surface area contributed by atoms with Gasteiger partial charge in [0.25, 0.3) is 15.7 Å². The number of carbonyl (C=O) groups excluding carboxylic acids is 2. The summed E-state index contributed by atoms with van der Waals surface area (Å²) in [6.07, 6.45) is 0.870. The lowest BCUT2D eigenvalue weighted by Crippen LogP contribution is -2.53.